The molecule has 4 aromatic rings. The first kappa shape index (κ1) is 22.9. The summed E-state index contributed by atoms with van der Waals surface area (Å²) in [5, 5.41) is 3.81. The van der Waals surface area contributed by atoms with E-state index in [0.29, 0.717) is 44.6 Å². The smallest absolute Gasteiger partial charge is 0.266 e. The molecule has 3 aromatic carbocycles. The second-order valence-corrected chi connectivity index (χ2v) is 8.82. The van der Waals surface area contributed by atoms with Crippen LogP contribution in [-0.2, 0) is 4.79 Å². The molecule has 6 nitrogen and oxygen atoms in total. The second kappa shape index (κ2) is 10.1. The maximum Gasteiger partial charge on any atom is 0.266 e. The normalized spacial score (nSPS) is 11.8. The van der Waals surface area contributed by atoms with E-state index in [1.54, 1.807) is 34.9 Å². The summed E-state index contributed by atoms with van der Waals surface area (Å²) in [6.07, 6.45) is 0.540. The minimum atomic E-state index is -0.478. The van der Waals surface area contributed by atoms with E-state index in [2.05, 4.69) is 5.32 Å². The van der Waals surface area contributed by atoms with Gasteiger partial charge in [0.15, 0.2) is 5.16 Å². The number of rotatable bonds is 7. The topological polar surface area (TPSA) is 73.2 Å². The molecule has 0 saturated carbocycles. The van der Waals surface area contributed by atoms with Gasteiger partial charge in [0.05, 0.1) is 34.0 Å². The van der Waals surface area contributed by atoms with E-state index < -0.39 is 5.25 Å². The zero-order valence-corrected chi connectivity index (χ0v) is 19.7. The number of methoxy groups -OCH3 is 1. The summed E-state index contributed by atoms with van der Waals surface area (Å²) >= 11 is 7.45. The van der Waals surface area contributed by atoms with Crippen molar-refractivity contribution in [2.24, 2.45) is 0 Å². The fraction of sp³-hybridized carbons (Fsp3) is 0.160. The van der Waals surface area contributed by atoms with Gasteiger partial charge >= 0.3 is 0 Å². The summed E-state index contributed by atoms with van der Waals surface area (Å²) in [7, 11) is 1.53. The summed E-state index contributed by atoms with van der Waals surface area (Å²) in [5.41, 5.74) is 1.68. The first-order valence-corrected chi connectivity index (χ1v) is 11.7. The number of amides is 1. The number of benzene rings is 3. The molecule has 4 rings (SSSR count). The van der Waals surface area contributed by atoms with Crippen molar-refractivity contribution in [3.63, 3.8) is 0 Å². The van der Waals surface area contributed by atoms with Crippen LogP contribution in [0.15, 0.2) is 82.7 Å². The Kier molecular flexibility index (Phi) is 7.01. The molecule has 1 amide bonds. The maximum atomic E-state index is 13.4. The number of hydrogen-bond donors (Lipinski definition) is 1. The number of hydrogen-bond acceptors (Lipinski definition) is 5. The van der Waals surface area contributed by atoms with Crippen LogP contribution in [0.25, 0.3) is 16.6 Å². The number of ether oxygens (including phenoxy) is 1. The van der Waals surface area contributed by atoms with Crippen molar-refractivity contribution in [3.8, 4) is 11.4 Å². The fourth-order valence-electron chi connectivity index (χ4n) is 3.41. The molecule has 1 N–H and O–H groups in total. The highest BCUT2D eigenvalue weighted by atomic mass is 35.5. The average Bonchev–Trinajstić information content (AvgIpc) is 2.83. The lowest BCUT2D eigenvalue weighted by Crippen LogP contribution is -2.27. The Balaban J connectivity index is 1.70. The Morgan fingerprint density at radius 3 is 2.55 bits per heavy atom. The van der Waals surface area contributed by atoms with Crippen LogP contribution in [0.1, 0.15) is 13.3 Å². The number of para-hydroxylation sites is 2. The van der Waals surface area contributed by atoms with E-state index in [9.17, 15) is 9.59 Å². The van der Waals surface area contributed by atoms with Gasteiger partial charge in [-0.15, -0.1) is 0 Å². The lowest BCUT2D eigenvalue weighted by atomic mass is 10.2. The van der Waals surface area contributed by atoms with E-state index in [4.69, 9.17) is 21.3 Å². The van der Waals surface area contributed by atoms with Crippen LogP contribution in [0.5, 0.6) is 5.75 Å². The van der Waals surface area contributed by atoms with Gasteiger partial charge in [0, 0.05) is 5.69 Å². The predicted octanol–water partition coefficient (Wildman–Crippen LogP) is 5.56. The standard InChI is InChI=1S/C25H22ClN3O3S/c1-3-22(23(30)27-16-13-14-21(32-2)19(26)15-16)33-25-28-20-12-8-7-11-18(20)24(31)29(25)17-9-5-4-6-10-17/h4-15,22H,3H2,1-2H3,(H,27,30). The third-order valence-electron chi connectivity index (χ3n) is 5.09. The molecule has 8 heteroatoms. The van der Waals surface area contributed by atoms with Gasteiger partial charge in [-0.2, -0.15) is 0 Å². The Morgan fingerprint density at radius 2 is 1.85 bits per heavy atom. The van der Waals surface area contributed by atoms with E-state index >= 15 is 0 Å². The van der Waals surface area contributed by atoms with Gasteiger partial charge in [0.25, 0.3) is 5.56 Å². The Labute approximate surface area is 200 Å². The highest BCUT2D eigenvalue weighted by Gasteiger charge is 2.23. The SMILES string of the molecule is CCC(Sc1nc2ccccc2c(=O)n1-c1ccccc1)C(=O)Nc1ccc(OC)c(Cl)c1. The predicted molar refractivity (Wildman–Crippen MR) is 134 cm³/mol. The van der Waals surface area contributed by atoms with Gasteiger partial charge in [-0.05, 0) is 48.9 Å². The van der Waals surface area contributed by atoms with Gasteiger partial charge in [-0.1, -0.05) is 60.6 Å². The number of fused-ring (bicyclic) bond motifs is 1. The lowest BCUT2D eigenvalue weighted by molar-refractivity contribution is -0.115. The highest BCUT2D eigenvalue weighted by Crippen LogP contribution is 2.30. The van der Waals surface area contributed by atoms with Gasteiger partial charge in [-0.3, -0.25) is 14.2 Å². The van der Waals surface area contributed by atoms with Crippen molar-refractivity contribution in [2.75, 3.05) is 12.4 Å². The summed E-state index contributed by atoms with van der Waals surface area (Å²) in [6.45, 7) is 1.92. The number of nitrogens with one attached hydrogen (secondary N) is 1. The van der Waals surface area contributed by atoms with Crippen LogP contribution in [0.2, 0.25) is 5.02 Å². The molecule has 0 saturated heterocycles. The maximum absolute atomic E-state index is 13.4. The number of thioether (sulfide) groups is 1. The summed E-state index contributed by atoms with van der Waals surface area (Å²) < 4.78 is 6.73. The highest BCUT2D eigenvalue weighted by molar-refractivity contribution is 8.00. The van der Waals surface area contributed by atoms with Crippen molar-refractivity contribution < 1.29 is 9.53 Å². The van der Waals surface area contributed by atoms with Crippen molar-refractivity contribution >= 4 is 45.9 Å². The molecule has 0 spiro atoms. The van der Waals surface area contributed by atoms with Crippen molar-refractivity contribution in [1.29, 1.82) is 0 Å². The van der Waals surface area contributed by atoms with Crippen LogP contribution >= 0.6 is 23.4 Å². The first-order chi connectivity index (χ1) is 16.0. The fourth-order valence-corrected chi connectivity index (χ4v) is 4.70. The van der Waals surface area contributed by atoms with Gasteiger partial charge in [0.1, 0.15) is 5.75 Å². The quantitative estimate of drug-likeness (QED) is 0.277. The van der Waals surface area contributed by atoms with Crippen molar-refractivity contribution in [1.82, 2.24) is 9.55 Å². The number of carbonyl (C=O) groups excluding carboxylic acids is 1. The summed E-state index contributed by atoms with van der Waals surface area (Å²) in [6, 6.07) is 21.6. The number of nitrogens with zero attached hydrogens (tertiary/aromatic N) is 2. The van der Waals surface area contributed by atoms with Crippen LogP contribution < -0.4 is 15.6 Å². The third-order valence-corrected chi connectivity index (χ3v) is 6.70. The Bertz CT molecular complexity index is 1360. The molecule has 0 bridgehead atoms. The molecule has 0 aliphatic heterocycles. The van der Waals surface area contributed by atoms with Crippen LogP contribution in [0, 0.1) is 0 Å². The molecule has 0 aliphatic rings. The second-order valence-electron chi connectivity index (χ2n) is 7.24. The van der Waals surface area contributed by atoms with Crippen LogP contribution in [0.4, 0.5) is 5.69 Å². The number of halogens is 1. The molecular weight excluding hydrogens is 458 g/mol. The number of carbonyl (C=O) groups is 1. The Hall–Kier alpha value is -3.29. The lowest BCUT2D eigenvalue weighted by Gasteiger charge is -2.18. The monoisotopic (exact) mass is 479 g/mol. The van der Waals surface area contributed by atoms with E-state index in [1.165, 1.54) is 18.9 Å². The average molecular weight is 480 g/mol. The van der Waals surface area contributed by atoms with Gasteiger partial charge in [0.2, 0.25) is 5.91 Å². The van der Waals surface area contributed by atoms with E-state index in [0.717, 1.165) is 0 Å². The zero-order valence-electron chi connectivity index (χ0n) is 18.1. The minimum Gasteiger partial charge on any atom is -0.495 e. The number of aromatic nitrogens is 2. The number of anilines is 1. The molecule has 1 aromatic heterocycles. The summed E-state index contributed by atoms with van der Waals surface area (Å²) in [5.74, 6) is 0.328. The first-order valence-electron chi connectivity index (χ1n) is 10.4. The molecule has 1 atom stereocenters. The van der Waals surface area contributed by atoms with Crippen molar-refractivity contribution in [2.45, 2.75) is 23.8 Å². The molecule has 1 unspecified atom stereocenters. The third kappa shape index (κ3) is 4.89. The van der Waals surface area contributed by atoms with Crippen molar-refractivity contribution in [3.05, 3.63) is 88.2 Å². The summed E-state index contributed by atoms with van der Waals surface area (Å²) in [4.78, 5) is 31.2. The Morgan fingerprint density at radius 1 is 1.12 bits per heavy atom. The largest absolute Gasteiger partial charge is 0.495 e. The molecular formula is C25H22ClN3O3S. The van der Waals surface area contributed by atoms with E-state index in [-0.39, 0.29) is 11.5 Å². The molecule has 0 fully saturated rings. The van der Waals surface area contributed by atoms with Gasteiger partial charge < -0.3 is 10.1 Å². The van der Waals surface area contributed by atoms with E-state index in [1.807, 2.05) is 49.4 Å². The molecule has 1 heterocycles. The zero-order chi connectivity index (χ0) is 23.4. The van der Waals surface area contributed by atoms with Crippen LogP contribution in [0.3, 0.4) is 0 Å². The minimum absolute atomic E-state index is 0.175. The molecule has 0 radical (unpaired) electrons. The van der Waals surface area contributed by atoms with Crippen LogP contribution in [-0.4, -0.2) is 27.8 Å². The molecule has 168 valence electrons. The molecule has 0 aliphatic carbocycles. The van der Waals surface area contributed by atoms with Gasteiger partial charge in [-0.25, -0.2) is 4.98 Å². The molecule has 33 heavy (non-hydrogen) atoms.